The molecule has 0 aromatic rings. The Labute approximate surface area is 68.5 Å². The van der Waals surface area contributed by atoms with Gasteiger partial charge < -0.3 is 10.2 Å². The minimum Gasteiger partial charge on any atom is -0.481 e. The van der Waals surface area contributed by atoms with Crippen molar-refractivity contribution in [1.82, 2.24) is 0 Å². The van der Waals surface area contributed by atoms with E-state index in [1.807, 2.05) is 6.92 Å². The molecule has 10 heavy (non-hydrogen) atoms. The molecular formula is C6H11BrO3. The minimum absolute atomic E-state index is 0.144. The third kappa shape index (κ3) is 25.4. The molecule has 0 saturated heterocycles. The van der Waals surface area contributed by atoms with Crippen molar-refractivity contribution in [3.05, 3.63) is 10.6 Å². The zero-order valence-corrected chi connectivity index (χ0v) is 7.55. The first-order chi connectivity index (χ1) is 4.54. The Morgan fingerprint density at radius 2 is 1.90 bits per heavy atom. The molecule has 0 heterocycles. The highest BCUT2D eigenvalue weighted by atomic mass is 79.9. The highest BCUT2D eigenvalue weighted by molar-refractivity contribution is 9.11. The van der Waals surface area contributed by atoms with Crippen LogP contribution in [0.2, 0.25) is 0 Å². The summed E-state index contributed by atoms with van der Waals surface area (Å²) in [5.41, 5.74) is 0.940. The van der Waals surface area contributed by atoms with Gasteiger partial charge in [-0.3, -0.25) is 4.79 Å². The molecule has 0 aliphatic carbocycles. The first-order valence-corrected chi connectivity index (χ1v) is 3.52. The van der Waals surface area contributed by atoms with Gasteiger partial charge in [-0.1, -0.05) is 15.9 Å². The van der Waals surface area contributed by atoms with Crippen LogP contribution in [-0.2, 0) is 4.79 Å². The molecular weight excluding hydrogens is 200 g/mol. The van der Waals surface area contributed by atoms with Gasteiger partial charge >= 0.3 is 0 Å². The van der Waals surface area contributed by atoms with E-state index < -0.39 is 5.97 Å². The van der Waals surface area contributed by atoms with Crippen molar-refractivity contribution in [2.45, 2.75) is 13.8 Å². The zero-order chi connectivity index (χ0) is 8.57. The Morgan fingerprint density at radius 1 is 1.60 bits per heavy atom. The van der Waals surface area contributed by atoms with E-state index in [1.54, 1.807) is 4.99 Å². The predicted octanol–water partition coefficient (Wildman–Crippen LogP) is 1.37. The van der Waals surface area contributed by atoms with E-state index in [2.05, 4.69) is 15.9 Å². The smallest absolute Gasteiger partial charge is 0.300 e. The summed E-state index contributed by atoms with van der Waals surface area (Å²) in [6.45, 7) is 3.07. The van der Waals surface area contributed by atoms with Crippen molar-refractivity contribution in [2.75, 3.05) is 6.61 Å². The van der Waals surface area contributed by atoms with Crippen LogP contribution in [0.1, 0.15) is 13.8 Å². The summed E-state index contributed by atoms with van der Waals surface area (Å²) < 4.78 is 0. The van der Waals surface area contributed by atoms with Crippen LogP contribution in [0.5, 0.6) is 0 Å². The molecule has 0 unspecified atom stereocenters. The van der Waals surface area contributed by atoms with E-state index >= 15 is 0 Å². The van der Waals surface area contributed by atoms with Gasteiger partial charge in [0.2, 0.25) is 0 Å². The molecule has 3 nitrogen and oxygen atoms in total. The van der Waals surface area contributed by atoms with Gasteiger partial charge in [0.25, 0.3) is 5.97 Å². The van der Waals surface area contributed by atoms with Crippen LogP contribution in [0.4, 0.5) is 0 Å². The number of hydrogen-bond acceptors (Lipinski definition) is 2. The lowest BCUT2D eigenvalue weighted by molar-refractivity contribution is -0.134. The second kappa shape index (κ2) is 8.65. The molecule has 4 heteroatoms. The average Bonchev–Trinajstić information content (AvgIpc) is 1.85. The largest absolute Gasteiger partial charge is 0.481 e. The first kappa shape index (κ1) is 12.3. The van der Waals surface area contributed by atoms with Gasteiger partial charge in [0.1, 0.15) is 0 Å². The molecule has 0 amide bonds. The lowest BCUT2D eigenvalue weighted by atomic mass is 10.4. The van der Waals surface area contributed by atoms with Gasteiger partial charge in [0, 0.05) is 6.92 Å². The zero-order valence-electron chi connectivity index (χ0n) is 5.97. The number of halogens is 1. The van der Waals surface area contributed by atoms with Gasteiger partial charge in [-0.25, -0.2) is 0 Å². The van der Waals surface area contributed by atoms with Gasteiger partial charge in [-0.2, -0.15) is 0 Å². The molecule has 0 aliphatic rings. The number of carboxylic acid groups (broad SMARTS) is 1. The van der Waals surface area contributed by atoms with Gasteiger partial charge in [-0.15, -0.1) is 0 Å². The Kier molecular flexibility index (Phi) is 10.7. The maximum Gasteiger partial charge on any atom is 0.300 e. The lowest BCUT2D eigenvalue weighted by Crippen LogP contribution is -1.78. The summed E-state index contributed by atoms with van der Waals surface area (Å²) in [5, 5.41) is 15.7. The molecule has 0 radical (unpaired) electrons. The lowest BCUT2D eigenvalue weighted by Gasteiger charge is -1.83. The van der Waals surface area contributed by atoms with Crippen molar-refractivity contribution >= 4 is 21.9 Å². The summed E-state index contributed by atoms with van der Waals surface area (Å²) in [7, 11) is 0. The van der Waals surface area contributed by atoms with E-state index in [9.17, 15) is 0 Å². The molecule has 0 bridgehead atoms. The van der Waals surface area contributed by atoms with E-state index in [-0.39, 0.29) is 6.61 Å². The molecule has 2 N–H and O–H groups in total. The van der Waals surface area contributed by atoms with Gasteiger partial charge in [0.05, 0.1) is 6.61 Å². The van der Waals surface area contributed by atoms with Crippen molar-refractivity contribution in [2.24, 2.45) is 0 Å². The molecule has 0 fully saturated rings. The third-order valence-corrected chi connectivity index (χ3v) is 1.22. The minimum atomic E-state index is -0.833. The topological polar surface area (TPSA) is 57.5 Å². The second-order valence-corrected chi connectivity index (χ2v) is 2.09. The normalized spacial score (nSPS) is 9.80. The Balaban J connectivity index is 0. The van der Waals surface area contributed by atoms with Crippen molar-refractivity contribution in [3.8, 4) is 0 Å². The molecule has 0 saturated carbocycles. The van der Waals surface area contributed by atoms with Crippen LogP contribution in [0.3, 0.4) is 0 Å². The molecule has 0 atom stereocenters. The molecule has 0 aromatic heterocycles. The first-order valence-electron chi connectivity index (χ1n) is 2.60. The van der Waals surface area contributed by atoms with Crippen LogP contribution < -0.4 is 0 Å². The number of aliphatic hydroxyl groups excluding tert-OH is 1. The monoisotopic (exact) mass is 210 g/mol. The fourth-order valence-corrected chi connectivity index (χ4v) is 0.179. The fraction of sp³-hybridized carbons (Fsp3) is 0.500. The van der Waals surface area contributed by atoms with Gasteiger partial charge in [0.15, 0.2) is 0 Å². The Bertz CT molecular complexity index is 116. The summed E-state index contributed by atoms with van der Waals surface area (Å²) >= 11 is 3.05. The van der Waals surface area contributed by atoms with Crippen molar-refractivity contribution in [3.63, 3.8) is 0 Å². The molecule has 0 spiro atoms. The van der Waals surface area contributed by atoms with Crippen LogP contribution >= 0.6 is 15.9 Å². The van der Waals surface area contributed by atoms with E-state index in [0.717, 1.165) is 12.5 Å². The summed E-state index contributed by atoms with van der Waals surface area (Å²) in [4.78, 5) is 10.7. The number of aliphatic hydroxyl groups is 1. The number of aliphatic carboxylic acids is 1. The predicted molar refractivity (Wildman–Crippen MR) is 43.1 cm³/mol. The molecule has 60 valence electrons. The van der Waals surface area contributed by atoms with Crippen LogP contribution in [0.25, 0.3) is 0 Å². The quantitative estimate of drug-likeness (QED) is 0.688. The van der Waals surface area contributed by atoms with E-state index in [4.69, 9.17) is 15.0 Å². The Morgan fingerprint density at radius 3 is 1.90 bits per heavy atom. The number of carboxylic acids is 1. The number of carbonyl (C=O) groups is 1. The van der Waals surface area contributed by atoms with Crippen molar-refractivity contribution in [1.29, 1.82) is 0 Å². The second-order valence-electron chi connectivity index (χ2n) is 1.63. The average molecular weight is 211 g/mol. The summed E-state index contributed by atoms with van der Waals surface area (Å²) in [6, 6.07) is 0. The third-order valence-electron chi connectivity index (χ3n) is 0.436. The number of rotatable bonds is 1. The summed E-state index contributed by atoms with van der Waals surface area (Å²) in [5.74, 6) is -0.833. The SMILES string of the molecule is CC(=CBr)CO.CC(=O)O. The molecule has 0 aliphatic heterocycles. The summed E-state index contributed by atoms with van der Waals surface area (Å²) in [6.07, 6.45) is 0. The highest BCUT2D eigenvalue weighted by Crippen LogP contribution is 1.92. The van der Waals surface area contributed by atoms with Gasteiger partial charge in [-0.05, 0) is 17.5 Å². The van der Waals surface area contributed by atoms with Crippen LogP contribution in [0, 0.1) is 0 Å². The van der Waals surface area contributed by atoms with Crippen LogP contribution in [-0.4, -0.2) is 22.8 Å². The standard InChI is InChI=1S/C4H7BrO.C2H4O2/c1-4(2-5)3-6;1-2(3)4/h2,6H,3H2,1H3;1H3,(H,3,4). The fourth-order valence-electron chi connectivity index (χ4n) is 0.0345. The van der Waals surface area contributed by atoms with E-state index in [0.29, 0.717) is 0 Å². The Hall–Kier alpha value is -0.350. The number of hydrogen-bond donors (Lipinski definition) is 2. The molecule has 0 rings (SSSR count). The molecule has 0 aromatic carbocycles. The highest BCUT2D eigenvalue weighted by Gasteiger charge is 1.75. The maximum absolute atomic E-state index is 9.00. The van der Waals surface area contributed by atoms with Crippen molar-refractivity contribution < 1.29 is 15.0 Å². The maximum atomic E-state index is 9.00. The van der Waals surface area contributed by atoms with Crippen LogP contribution in [0.15, 0.2) is 10.6 Å². The van der Waals surface area contributed by atoms with E-state index in [1.165, 1.54) is 0 Å².